The molecule has 1 amide bonds. The van der Waals surface area contributed by atoms with Gasteiger partial charge in [0.1, 0.15) is 17.3 Å². The van der Waals surface area contributed by atoms with Crippen LogP contribution in [0.25, 0.3) is 0 Å². The van der Waals surface area contributed by atoms with Crippen LogP contribution in [0.2, 0.25) is 0 Å². The summed E-state index contributed by atoms with van der Waals surface area (Å²) in [7, 11) is 0. The van der Waals surface area contributed by atoms with Crippen molar-refractivity contribution in [1.29, 1.82) is 0 Å². The van der Waals surface area contributed by atoms with Crippen molar-refractivity contribution in [3.05, 3.63) is 78.5 Å². The molecule has 0 unspecified atom stereocenters. The summed E-state index contributed by atoms with van der Waals surface area (Å²) >= 11 is 0. The van der Waals surface area contributed by atoms with Crippen LogP contribution in [0.3, 0.4) is 0 Å². The molecule has 1 N–H and O–H groups in total. The predicted octanol–water partition coefficient (Wildman–Crippen LogP) is 3.32. The van der Waals surface area contributed by atoms with Gasteiger partial charge in [-0.3, -0.25) is 4.79 Å². The largest absolute Gasteiger partial charge is 0.368 e. The van der Waals surface area contributed by atoms with E-state index in [2.05, 4.69) is 32.3 Å². The summed E-state index contributed by atoms with van der Waals surface area (Å²) in [6.07, 6.45) is 2.94. The maximum Gasteiger partial charge on any atom is 0.274 e. The van der Waals surface area contributed by atoms with Crippen LogP contribution in [0.15, 0.2) is 67.0 Å². The smallest absolute Gasteiger partial charge is 0.274 e. The van der Waals surface area contributed by atoms with Gasteiger partial charge in [0, 0.05) is 37.6 Å². The first-order chi connectivity index (χ1) is 13.7. The van der Waals surface area contributed by atoms with Gasteiger partial charge in [0.25, 0.3) is 5.91 Å². The van der Waals surface area contributed by atoms with Gasteiger partial charge in [-0.05, 0) is 30.3 Å². The van der Waals surface area contributed by atoms with Crippen molar-refractivity contribution in [3.63, 3.8) is 0 Å². The molecule has 2 heterocycles. The van der Waals surface area contributed by atoms with Gasteiger partial charge in [-0.2, -0.15) is 0 Å². The van der Waals surface area contributed by atoms with Gasteiger partial charge < -0.3 is 15.1 Å². The van der Waals surface area contributed by atoms with Crippen molar-refractivity contribution in [2.24, 2.45) is 0 Å². The van der Waals surface area contributed by atoms with Gasteiger partial charge >= 0.3 is 0 Å². The number of aromatic nitrogens is 2. The molecule has 142 valence electrons. The first-order valence-corrected chi connectivity index (χ1v) is 9.13. The van der Waals surface area contributed by atoms with Crippen molar-refractivity contribution in [2.75, 3.05) is 36.4 Å². The zero-order chi connectivity index (χ0) is 19.3. The lowest BCUT2D eigenvalue weighted by Crippen LogP contribution is -2.49. The lowest BCUT2D eigenvalue weighted by atomic mass is 10.2. The Morgan fingerprint density at radius 3 is 2.39 bits per heavy atom. The summed E-state index contributed by atoms with van der Waals surface area (Å²) in [6, 6.07) is 16.3. The third-order valence-electron chi connectivity index (χ3n) is 4.66. The van der Waals surface area contributed by atoms with Crippen LogP contribution in [0.4, 0.5) is 21.6 Å². The van der Waals surface area contributed by atoms with E-state index in [0.29, 0.717) is 30.3 Å². The first kappa shape index (κ1) is 17.9. The molecule has 1 aliphatic heterocycles. The van der Waals surface area contributed by atoms with Crippen molar-refractivity contribution in [3.8, 4) is 0 Å². The van der Waals surface area contributed by atoms with Crippen LogP contribution in [0.1, 0.15) is 10.5 Å². The molecule has 1 aromatic heterocycles. The molecule has 1 saturated heterocycles. The monoisotopic (exact) mass is 377 g/mol. The molecule has 0 saturated carbocycles. The van der Waals surface area contributed by atoms with Crippen LogP contribution < -0.4 is 10.2 Å². The Bertz CT molecular complexity index is 941. The molecule has 0 atom stereocenters. The van der Waals surface area contributed by atoms with E-state index >= 15 is 0 Å². The summed E-state index contributed by atoms with van der Waals surface area (Å²) in [5, 5.41) is 2.97. The number of carbonyl (C=O) groups is 1. The number of hydrogen-bond donors (Lipinski definition) is 1. The summed E-state index contributed by atoms with van der Waals surface area (Å²) in [5.74, 6) is -0.00651. The van der Waals surface area contributed by atoms with Crippen molar-refractivity contribution >= 4 is 23.1 Å². The quantitative estimate of drug-likeness (QED) is 0.756. The number of rotatable bonds is 4. The number of nitrogens with one attached hydrogen (secondary N) is 1. The van der Waals surface area contributed by atoms with E-state index in [0.717, 1.165) is 13.1 Å². The third-order valence-corrected chi connectivity index (χ3v) is 4.66. The number of benzene rings is 2. The molecule has 7 heteroatoms. The fraction of sp³-hybridized carbons (Fsp3) is 0.190. The molecule has 3 aromatic rings. The Morgan fingerprint density at radius 1 is 0.929 bits per heavy atom. The summed E-state index contributed by atoms with van der Waals surface area (Å²) in [6.45, 7) is 2.84. The van der Waals surface area contributed by atoms with Crippen LogP contribution >= 0.6 is 0 Å². The van der Waals surface area contributed by atoms with Crippen LogP contribution in [0.5, 0.6) is 0 Å². The number of piperazine rings is 1. The molecule has 0 spiro atoms. The van der Waals surface area contributed by atoms with Crippen molar-refractivity contribution < 1.29 is 9.18 Å². The normalized spacial score (nSPS) is 14.0. The van der Waals surface area contributed by atoms with Crippen molar-refractivity contribution in [1.82, 2.24) is 14.9 Å². The third kappa shape index (κ3) is 4.09. The number of halogens is 1. The average molecular weight is 377 g/mol. The van der Waals surface area contributed by atoms with Crippen molar-refractivity contribution in [2.45, 2.75) is 0 Å². The van der Waals surface area contributed by atoms with E-state index in [1.165, 1.54) is 30.2 Å². The minimum Gasteiger partial charge on any atom is -0.368 e. The van der Waals surface area contributed by atoms with Gasteiger partial charge in [0.2, 0.25) is 0 Å². The number of carbonyl (C=O) groups excluding carboxylic acids is 1. The molecule has 1 aliphatic rings. The number of amides is 1. The molecular formula is C21H20FN5O. The van der Waals surface area contributed by atoms with Crippen LogP contribution in [-0.4, -0.2) is 47.0 Å². The Balaban J connectivity index is 1.36. The topological polar surface area (TPSA) is 61.4 Å². The average Bonchev–Trinajstić information content (AvgIpc) is 2.75. The number of hydrogen-bond acceptors (Lipinski definition) is 5. The molecule has 0 bridgehead atoms. The zero-order valence-corrected chi connectivity index (χ0v) is 15.3. The van der Waals surface area contributed by atoms with Gasteiger partial charge in [0.05, 0.1) is 12.4 Å². The standard InChI is InChI=1S/C21H20FN5O/c22-16-5-4-6-17(13-16)25-20-15-23-19(14-24-20)21(28)27-11-9-26(10-12-27)18-7-2-1-3-8-18/h1-8,13-15H,9-12H2,(H,24,25). The summed E-state index contributed by atoms with van der Waals surface area (Å²) in [5.41, 5.74) is 2.05. The minimum atomic E-state index is -0.334. The van der Waals surface area contributed by atoms with E-state index in [9.17, 15) is 9.18 Å². The molecule has 0 radical (unpaired) electrons. The molecule has 0 aliphatic carbocycles. The molecule has 2 aromatic carbocycles. The molecule has 1 fully saturated rings. The molecular weight excluding hydrogens is 357 g/mol. The minimum absolute atomic E-state index is 0.127. The maximum absolute atomic E-state index is 13.3. The Labute approximate surface area is 162 Å². The van der Waals surface area contributed by atoms with E-state index in [-0.39, 0.29) is 11.7 Å². The number of nitrogens with zero attached hydrogens (tertiary/aromatic N) is 4. The van der Waals surface area contributed by atoms with Gasteiger partial charge in [-0.1, -0.05) is 24.3 Å². The van der Waals surface area contributed by atoms with Crippen LogP contribution in [-0.2, 0) is 0 Å². The zero-order valence-electron chi connectivity index (χ0n) is 15.3. The van der Waals surface area contributed by atoms with Crippen LogP contribution in [0, 0.1) is 5.82 Å². The second kappa shape index (κ2) is 8.04. The Hall–Kier alpha value is -3.48. The highest BCUT2D eigenvalue weighted by atomic mass is 19.1. The Kier molecular flexibility index (Phi) is 5.14. The fourth-order valence-corrected chi connectivity index (χ4v) is 3.19. The fourth-order valence-electron chi connectivity index (χ4n) is 3.19. The summed E-state index contributed by atoms with van der Waals surface area (Å²) in [4.78, 5) is 25.2. The highest BCUT2D eigenvalue weighted by molar-refractivity contribution is 5.92. The van der Waals surface area contributed by atoms with Gasteiger partial charge in [-0.15, -0.1) is 0 Å². The summed E-state index contributed by atoms with van der Waals surface area (Å²) < 4.78 is 13.3. The highest BCUT2D eigenvalue weighted by Gasteiger charge is 2.23. The molecule has 28 heavy (non-hydrogen) atoms. The van der Waals surface area contributed by atoms with E-state index < -0.39 is 0 Å². The van der Waals surface area contributed by atoms with E-state index in [4.69, 9.17) is 0 Å². The second-order valence-electron chi connectivity index (χ2n) is 6.54. The Morgan fingerprint density at radius 2 is 1.71 bits per heavy atom. The van der Waals surface area contributed by atoms with E-state index in [1.54, 1.807) is 17.0 Å². The molecule has 6 nitrogen and oxygen atoms in total. The lowest BCUT2D eigenvalue weighted by Gasteiger charge is -2.35. The number of anilines is 3. The maximum atomic E-state index is 13.3. The SMILES string of the molecule is O=C(c1cnc(Nc2cccc(F)c2)cn1)N1CCN(c2ccccc2)CC1. The predicted molar refractivity (Wildman–Crippen MR) is 106 cm³/mol. The lowest BCUT2D eigenvalue weighted by molar-refractivity contribution is 0.0740. The highest BCUT2D eigenvalue weighted by Crippen LogP contribution is 2.17. The number of para-hydroxylation sites is 1. The van der Waals surface area contributed by atoms with Gasteiger partial charge in [0.15, 0.2) is 0 Å². The molecule has 4 rings (SSSR count). The van der Waals surface area contributed by atoms with Gasteiger partial charge in [-0.25, -0.2) is 14.4 Å². The second-order valence-corrected chi connectivity index (χ2v) is 6.54. The first-order valence-electron chi connectivity index (χ1n) is 9.13. The van der Waals surface area contributed by atoms with E-state index in [1.807, 2.05) is 18.2 Å².